The van der Waals surface area contributed by atoms with E-state index in [1.54, 1.807) is 25.7 Å². The minimum atomic E-state index is -1.24. The molecular formula is C15H21N3O5. The van der Waals surface area contributed by atoms with E-state index in [4.69, 9.17) is 9.84 Å². The Bertz CT molecular complexity index is 617. The number of carboxylic acid groups (broad SMARTS) is 1. The molecule has 1 aliphatic heterocycles. The van der Waals surface area contributed by atoms with Crippen LogP contribution in [0.25, 0.3) is 0 Å². The summed E-state index contributed by atoms with van der Waals surface area (Å²) in [4.78, 5) is 35.8. The largest absolute Gasteiger partial charge is 0.476 e. The molecule has 8 nitrogen and oxygen atoms in total. The second kappa shape index (κ2) is 6.39. The maximum absolute atomic E-state index is 12.2. The smallest absolute Gasteiger partial charge is 0.410 e. The third kappa shape index (κ3) is 4.08. The molecule has 2 rings (SSSR count). The quantitative estimate of drug-likeness (QED) is 0.853. The zero-order valence-corrected chi connectivity index (χ0v) is 13.5. The number of carbonyl (C=O) groups is 3. The van der Waals surface area contributed by atoms with Crippen molar-refractivity contribution < 1.29 is 24.2 Å². The third-order valence-corrected chi connectivity index (χ3v) is 3.51. The number of aromatic nitrogens is 2. The van der Waals surface area contributed by atoms with Crippen LogP contribution in [0.1, 0.15) is 60.5 Å². The van der Waals surface area contributed by atoms with Gasteiger partial charge in [0.1, 0.15) is 5.60 Å². The fourth-order valence-electron chi connectivity index (χ4n) is 2.51. The second-order valence-corrected chi connectivity index (χ2v) is 6.56. The fraction of sp³-hybridized carbons (Fsp3) is 0.600. The van der Waals surface area contributed by atoms with Gasteiger partial charge in [-0.05, 0) is 33.6 Å². The molecule has 8 heteroatoms. The van der Waals surface area contributed by atoms with Crippen molar-refractivity contribution in [1.29, 1.82) is 0 Å². The number of aldehydes is 1. The lowest BCUT2D eigenvalue weighted by atomic mass is 10.1. The highest BCUT2D eigenvalue weighted by Gasteiger charge is 2.29. The van der Waals surface area contributed by atoms with Crippen molar-refractivity contribution in [3.8, 4) is 0 Å². The zero-order chi connectivity index (χ0) is 17.2. The first-order valence-corrected chi connectivity index (χ1v) is 7.47. The molecule has 1 atom stereocenters. The van der Waals surface area contributed by atoms with Crippen LogP contribution in [0.3, 0.4) is 0 Å². The molecule has 0 bridgehead atoms. The lowest BCUT2D eigenvalue weighted by Crippen LogP contribution is -2.43. The van der Waals surface area contributed by atoms with E-state index in [2.05, 4.69) is 5.10 Å². The number of ether oxygens (including phenoxy) is 1. The summed E-state index contributed by atoms with van der Waals surface area (Å²) in [5, 5.41) is 13.0. The third-order valence-electron chi connectivity index (χ3n) is 3.51. The molecule has 0 radical (unpaired) electrons. The maximum atomic E-state index is 12.2. The molecule has 1 unspecified atom stereocenters. The fourth-order valence-corrected chi connectivity index (χ4v) is 2.51. The molecule has 1 amide bonds. The van der Waals surface area contributed by atoms with E-state index in [0.717, 1.165) is 12.8 Å². The Morgan fingerprint density at radius 3 is 2.65 bits per heavy atom. The molecule has 126 valence electrons. The SMILES string of the molecule is CC(C)(C)OC(=O)N1CCCC(n2cc(C=O)c(C(=O)O)n2)C1. The summed E-state index contributed by atoms with van der Waals surface area (Å²) >= 11 is 0. The Morgan fingerprint density at radius 2 is 2.13 bits per heavy atom. The molecule has 23 heavy (non-hydrogen) atoms. The van der Waals surface area contributed by atoms with Gasteiger partial charge in [-0.2, -0.15) is 5.10 Å². The van der Waals surface area contributed by atoms with Crippen molar-refractivity contribution >= 4 is 18.3 Å². The molecule has 1 N–H and O–H groups in total. The van der Waals surface area contributed by atoms with Gasteiger partial charge in [-0.25, -0.2) is 9.59 Å². The predicted molar refractivity (Wildman–Crippen MR) is 80.7 cm³/mol. The van der Waals surface area contributed by atoms with Crippen LogP contribution in [0, 0.1) is 0 Å². The van der Waals surface area contributed by atoms with Crippen LogP contribution in [0.2, 0.25) is 0 Å². The van der Waals surface area contributed by atoms with Crippen molar-refractivity contribution in [2.24, 2.45) is 0 Å². The Kier molecular flexibility index (Phi) is 4.72. The Morgan fingerprint density at radius 1 is 1.43 bits per heavy atom. The number of piperidine rings is 1. The van der Waals surface area contributed by atoms with Gasteiger partial charge in [0.25, 0.3) is 0 Å². The highest BCUT2D eigenvalue weighted by Crippen LogP contribution is 2.23. The number of aromatic carboxylic acids is 1. The van der Waals surface area contributed by atoms with Gasteiger partial charge in [0.05, 0.1) is 11.6 Å². The first kappa shape index (κ1) is 17.0. The van der Waals surface area contributed by atoms with Gasteiger partial charge in [-0.1, -0.05) is 0 Å². The summed E-state index contributed by atoms with van der Waals surface area (Å²) in [6, 6.07) is -0.178. The summed E-state index contributed by atoms with van der Waals surface area (Å²) in [7, 11) is 0. The van der Waals surface area contributed by atoms with E-state index >= 15 is 0 Å². The van der Waals surface area contributed by atoms with E-state index in [-0.39, 0.29) is 17.3 Å². The van der Waals surface area contributed by atoms with Crippen molar-refractivity contribution in [2.45, 2.75) is 45.3 Å². The second-order valence-electron chi connectivity index (χ2n) is 6.56. The Labute approximate surface area is 134 Å². The number of carboxylic acids is 1. The van der Waals surface area contributed by atoms with Gasteiger partial charge < -0.3 is 14.7 Å². The lowest BCUT2D eigenvalue weighted by Gasteiger charge is -2.34. The van der Waals surface area contributed by atoms with Crippen molar-refractivity contribution in [1.82, 2.24) is 14.7 Å². The number of hydrogen-bond donors (Lipinski definition) is 1. The topological polar surface area (TPSA) is 102 Å². The molecule has 2 heterocycles. The van der Waals surface area contributed by atoms with Crippen molar-refractivity contribution in [3.63, 3.8) is 0 Å². The molecular weight excluding hydrogens is 302 g/mol. The number of hydrogen-bond acceptors (Lipinski definition) is 5. The van der Waals surface area contributed by atoms with E-state index in [0.29, 0.717) is 19.4 Å². The summed E-state index contributed by atoms with van der Waals surface area (Å²) < 4.78 is 6.82. The summed E-state index contributed by atoms with van der Waals surface area (Å²) in [6.07, 6.45) is 2.99. The molecule has 0 aromatic carbocycles. The van der Waals surface area contributed by atoms with Gasteiger partial charge in [-0.15, -0.1) is 0 Å². The lowest BCUT2D eigenvalue weighted by molar-refractivity contribution is 0.0166. The van der Waals surface area contributed by atoms with Crippen LogP contribution in [-0.4, -0.2) is 56.8 Å². The van der Waals surface area contributed by atoms with Crippen LogP contribution in [0.4, 0.5) is 4.79 Å². The van der Waals surface area contributed by atoms with Crippen molar-refractivity contribution in [2.75, 3.05) is 13.1 Å². The van der Waals surface area contributed by atoms with Crippen LogP contribution < -0.4 is 0 Å². The molecule has 1 saturated heterocycles. The number of carbonyl (C=O) groups excluding carboxylic acids is 2. The van der Waals surface area contributed by atoms with Gasteiger partial charge in [-0.3, -0.25) is 9.48 Å². The number of amides is 1. The van der Waals surface area contributed by atoms with Gasteiger partial charge >= 0.3 is 12.1 Å². The van der Waals surface area contributed by atoms with E-state index in [1.165, 1.54) is 10.9 Å². The summed E-state index contributed by atoms with van der Waals surface area (Å²) in [5.41, 5.74) is -0.807. The van der Waals surface area contributed by atoms with Gasteiger partial charge in [0.2, 0.25) is 0 Å². The average molecular weight is 323 g/mol. The molecule has 1 aromatic heterocycles. The molecule has 0 aliphatic carbocycles. The van der Waals surface area contributed by atoms with Crippen LogP contribution in [0.15, 0.2) is 6.20 Å². The molecule has 1 aliphatic rings. The molecule has 0 saturated carbocycles. The van der Waals surface area contributed by atoms with E-state index in [1.807, 2.05) is 0 Å². The van der Waals surface area contributed by atoms with Crippen LogP contribution >= 0.6 is 0 Å². The number of rotatable bonds is 3. The molecule has 1 aromatic rings. The first-order chi connectivity index (χ1) is 10.7. The number of nitrogens with zero attached hydrogens (tertiary/aromatic N) is 3. The minimum absolute atomic E-state index is 0.0342. The minimum Gasteiger partial charge on any atom is -0.476 e. The van der Waals surface area contributed by atoms with E-state index < -0.39 is 17.7 Å². The number of likely N-dealkylation sites (tertiary alicyclic amines) is 1. The Balaban J connectivity index is 2.14. The maximum Gasteiger partial charge on any atom is 0.410 e. The highest BCUT2D eigenvalue weighted by atomic mass is 16.6. The monoisotopic (exact) mass is 323 g/mol. The van der Waals surface area contributed by atoms with Crippen molar-refractivity contribution in [3.05, 3.63) is 17.5 Å². The standard InChI is InChI=1S/C15H21N3O5/c1-15(2,3)23-14(22)17-6-4-5-11(8-17)18-7-10(9-19)12(16-18)13(20)21/h7,9,11H,4-6,8H2,1-3H3,(H,20,21). The summed E-state index contributed by atoms with van der Waals surface area (Å²) in [6.45, 7) is 6.35. The molecule has 0 spiro atoms. The van der Waals surface area contributed by atoms with Gasteiger partial charge in [0, 0.05) is 19.3 Å². The highest BCUT2D eigenvalue weighted by molar-refractivity contribution is 5.95. The van der Waals surface area contributed by atoms with Gasteiger partial charge in [0.15, 0.2) is 12.0 Å². The molecule has 1 fully saturated rings. The van der Waals surface area contributed by atoms with E-state index in [9.17, 15) is 14.4 Å². The summed E-state index contributed by atoms with van der Waals surface area (Å²) in [5.74, 6) is -1.24. The normalized spacial score (nSPS) is 18.6. The first-order valence-electron chi connectivity index (χ1n) is 7.47. The Hall–Kier alpha value is -2.38. The van der Waals surface area contributed by atoms with Crippen LogP contribution in [0.5, 0.6) is 0 Å². The predicted octanol–water partition coefficient (Wildman–Crippen LogP) is 1.97. The zero-order valence-electron chi connectivity index (χ0n) is 13.5. The van der Waals surface area contributed by atoms with Crippen LogP contribution in [-0.2, 0) is 4.74 Å². The average Bonchev–Trinajstić information content (AvgIpc) is 2.90.